The number of hydroxylamine groups is 1. The Bertz CT molecular complexity index is 1080. The maximum absolute atomic E-state index is 12.5. The summed E-state index contributed by atoms with van der Waals surface area (Å²) in [5, 5.41) is 10.0. The summed E-state index contributed by atoms with van der Waals surface area (Å²) in [4.78, 5) is 11.3. The van der Waals surface area contributed by atoms with E-state index in [-0.39, 0.29) is 4.90 Å². The van der Waals surface area contributed by atoms with Gasteiger partial charge >= 0.3 is 0 Å². The highest BCUT2D eigenvalue weighted by Gasteiger charge is 2.14. The predicted molar refractivity (Wildman–Crippen MR) is 112 cm³/mol. The fourth-order valence-electron chi connectivity index (χ4n) is 2.51. The van der Waals surface area contributed by atoms with Crippen molar-refractivity contribution in [3.8, 4) is 0 Å². The number of hydrogen-bond donors (Lipinski definition) is 3. The molecule has 0 radical (unpaired) electrons. The summed E-state index contributed by atoms with van der Waals surface area (Å²) in [5.41, 5.74) is 2.73. The SMILES string of the molecule is CC.O=C(/C=C/c1ccc2c(NS(=O)(=O)c3ccccc3)cccc2c1)NO. The van der Waals surface area contributed by atoms with Crippen molar-refractivity contribution in [1.29, 1.82) is 0 Å². The Balaban J connectivity index is 0.00000136. The number of nitrogens with one attached hydrogen (secondary N) is 2. The summed E-state index contributed by atoms with van der Waals surface area (Å²) in [5.74, 6) is -0.630. The maximum atomic E-state index is 12.5. The second-order valence-corrected chi connectivity index (χ2v) is 7.20. The van der Waals surface area contributed by atoms with E-state index in [0.717, 1.165) is 16.3 Å². The lowest BCUT2D eigenvalue weighted by Crippen LogP contribution is -2.14. The Morgan fingerprint density at radius 1 is 0.964 bits per heavy atom. The highest BCUT2D eigenvalue weighted by atomic mass is 32.2. The van der Waals surface area contributed by atoms with Crippen LogP contribution in [-0.2, 0) is 14.8 Å². The number of rotatable bonds is 5. The van der Waals surface area contributed by atoms with Crippen LogP contribution in [0.1, 0.15) is 19.4 Å². The first-order chi connectivity index (χ1) is 13.5. The van der Waals surface area contributed by atoms with E-state index in [4.69, 9.17) is 5.21 Å². The molecule has 0 unspecified atom stereocenters. The minimum Gasteiger partial charge on any atom is -0.288 e. The molecule has 0 bridgehead atoms. The van der Waals surface area contributed by atoms with Gasteiger partial charge in [-0.25, -0.2) is 13.9 Å². The maximum Gasteiger partial charge on any atom is 0.267 e. The molecule has 0 aliphatic heterocycles. The van der Waals surface area contributed by atoms with Gasteiger partial charge in [0.2, 0.25) is 0 Å². The van der Waals surface area contributed by atoms with Gasteiger partial charge in [-0.3, -0.25) is 14.7 Å². The summed E-state index contributed by atoms with van der Waals surface area (Å²) in [7, 11) is -3.68. The van der Waals surface area contributed by atoms with Crippen LogP contribution in [0.15, 0.2) is 77.7 Å². The molecule has 28 heavy (non-hydrogen) atoms. The molecule has 3 N–H and O–H groups in total. The lowest BCUT2D eigenvalue weighted by molar-refractivity contribution is -0.124. The average molecular weight is 398 g/mol. The summed E-state index contributed by atoms with van der Waals surface area (Å²) in [6.07, 6.45) is 2.74. The first-order valence-corrected chi connectivity index (χ1v) is 10.2. The Morgan fingerprint density at radius 3 is 2.36 bits per heavy atom. The van der Waals surface area contributed by atoms with Crippen LogP contribution in [0.25, 0.3) is 16.8 Å². The van der Waals surface area contributed by atoms with Gasteiger partial charge in [0, 0.05) is 11.5 Å². The Kier molecular flexibility index (Phi) is 7.31. The van der Waals surface area contributed by atoms with E-state index in [9.17, 15) is 13.2 Å². The number of sulfonamides is 1. The van der Waals surface area contributed by atoms with Crippen molar-refractivity contribution in [3.05, 3.63) is 78.4 Å². The molecule has 0 atom stereocenters. The van der Waals surface area contributed by atoms with Crippen LogP contribution in [0.4, 0.5) is 5.69 Å². The molecule has 3 rings (SSSR count). The van der Waals surface area contributed by atoms with Crippen LogP contribution >= 0.6 is 0 Å². The fraction of sp³-hybridized carbons (Fsp3) is 0.0952. The summed E-state index contributed by atoms with van der Waals surface area (Å²) >= 11 is 0. The van der Waals surface area contributed by atoms with E-state index in [1.165, 1.54) is 23.7 Å². The van der Waals surface area contributed by atoms with Crippen LogP contribution < -0.4 is 10.2 Å². The average Bonchev–Trinajstić information content (AvgIpc) is 2.74. The van der Waals surface area contributed by atoms with Gasteiger partial charge in [0.15, 0.2) is 0 Å². The van der Waals surface area contributed by atoms with Crippen molar-refractivity contribution in [2.75, 3.05) is 4.72 Å². The topological polar surface area (TPSA) is 95.5 Å². The number of amides is 1. The van der Waals surface area contributed by atoms with Gasteiger partial charge in [0.25, 0.3) is 15.9 Å². The number of fused-ring (bicyclic) bond motifs is 1. The summed E-state index contributed by atoms with van der Waals surface area (Å²) in [6, 6.07) is 18.8. The molecule has 0 aromatic heterocycles. The Morgan fingerprint density at radius 2 is 1.68 bits per heavy atom. The number of carbonyl (C=O) groups is 1. The van der Waals surface area contributed by atoms with Crippen LogP contribution in [0.5, 0.6) is 0 Å². The molecule has 1 amide bonds. The normalized spacial score (nSPS) is 11.0. The number of hydrogen-bond acceptors (Lipinski definition) is 4. The molecule has 3 aromatic carbocycles. The quantitative estimate of drug-likeness (QED) is 0.341. The molecule has 0 saturated carbocycles. The molecular weight excluding hydrogens is 376 g/mol. The lowest BCUT2D eigenvalue weighted by atomic mass is 10.1. The minimum atomic E-state index is -3.68. The van der Waals surface area contributed by atoms with Crippen molar-refractivity contribution in [3.63, 3.8) is 0 Å². The minimum absolute atomic E-state index is 0.187. The van der Waals surface area contributed by atoms with Crippen molar-refractivity contribution in [1.82, 2.24) is 5.48 Å². The van der Waals surface area contributed by atoms with Gasteiger partial charge in [-0.2, -0.15) is 0 Å². The third-order valence-corrected chi connectivity index (χ3v) is 5.12. The molecule has 0 aliphatic carbocycles. The molecule has 0 saturated heterocycles. The fourth-order valence-corrected chi connectivity index (χ4v) is 3.61. The van der Waals surface area contributed by atoms with E-state index >= 15 is 0 Å². The van der Waals surface area contributed by atoms with Crippen LogP contribution in [0, 0.1) is 0 Å². The molecule has 0 fully saturated rings. The van der Waals surface area contributed by atoms with E-state index in [1.54, 1.807) is 48.5 Å². The van der Waals surface area contributed by atoms with Gasteiger partial charge in [0.05, 0.1) is 10.6 Å². The number of benzene rings is 3. The lowest BCUT2D eigenvalue weighted by Gasteiger charge is -2.11. The molecule has 0 spiro atoms. The smallest absolute Gasteiger partial charge is 0.267 e. The van der Waals surface area contributed by atoms with Gasteiger partial charge in [0.1, 0.15) is 0 Å². The molecular formula is C21H22N2O4S. The number of carbonyl (C=O) groups excluding carboxylic acids is 1. The third kappa shape index (κ3) is 5.18. The first-order valence-electron chi connectivity index (χ1n) is 8.72. The monoisotopic (exact) mass is 398 g/mol. The zero-order chi connectivity index (χ0) is 20.6. The highest BCUT2D eigenvalue weighted by molar-refractivity contribution is 7.92. The van der Waals surface area contributed by atoms with Crippen molar-refractivity contribution in [2.24, 2.45) is 0 Å². The molecule has 146 valence electrons. The Hall–Kier alpha value is -3.16. The summed E-state index contributed by atoms with van der Waals surface area (Å²) < 4.78 is 27.7. The van der Waals surface area contributed by atoms with Crippen LogP contribution in [-0.4, -0.2) is 19.5 Å². The van der Waals surface area contributed by atoms with E-state index in [0.29, 0.717) is 5.69 Å². The highest BCUT2D eigenvalue weighted by Crippen LogP contribution is 2.27. The standard InChI is InChI=1S/C19H16N2O4S.C2H6/c22-19(20-23)12-10-14-9-11-17-15(13-14)5-4-8-18(17)21-26(24,25)16-6-2-1-3-7-16;1-2/h1-13,21,23H,(H,20,22);1-2H3/b12-10+;. The van der Waals surface area contributed by atoms with Gasteiger partial charge in [-0.15, -0.1) is 0 Å². The molecule has 0 aliphatic rings. The molecule has 6 nitrogen and oxygen atoms in total. The van der Waals surface area contributed by atoms with Crippen molar-refractivity contribution in [2.45, 2.75) is 18.7 Å². The predicted octanol–water partition coefficient (Wildman–Crippen LogP) is 4.19. The Labute approximate surface area is 164 Å². The van der Waals surface area contributed by atoms with Gasteiger partial charge < -0.3 is 0 Å². The zero-order valence-electron chi connectivity index (χ0n) is 15.6. The van der Waals surface area contributed by atoms with E-state index in [1.807, 2.05) is 26.0 Å². The molecule has 0 heterocycles. The number of anilines is 1. The van der Waals surface area contributed by atoms with Gasteiger partial charge in [-0.1, -0.05) is 56.3 Å². The third-order valence-electron chi connectivity index (χ3n) is 3.74. The van der Waals surface area contributed by atoms with E-state index in [2.05, 4.69) is 4.72 Å². The second-order valence-electron chi connectivity index (χ2n) is 5.51. The van der Waals surface area contributed by atoms with Crippen LogP contribution in [0.2, 0.25) is 0 Å². The zero-order valence-corrected chi connectivity index (χ0v) is 16.4. The second kappa shape index (κ2) is 9.68. The largest absolute Gasteiger partial charge is 0.288 e. The molecule has 7 heteroatoms. The van der Waals surface area contributed by atoms with Gasteiger partial charge in [-0.05, 0) is 41.3 Å². The molecule has 3 aromatic rings. The van der Waals surface area contributed by atoms with Crippen molar-refractivity contribution < 1.29 is 18.4 Å². The van der Waals surface area contributed by atoms with Crippen molar-refractivity contribution >= 4 is 38.5 Å². The first kappa shape index (κ1) is 21.1. The van der Waals surface area contributed by atoms with Crippen LogP contribution in [0.3, 0.4) is 0 Å². The van der Waals surface area contributed by atoms with E-state index < -0.39 is 15.9 Å². The summed E-state index contributed by atoms with van der Waals surface area (Å²) in [6.45, 7) is 4.00.